The smallest absolute Gasteiger partial charge is 0.225 e. The van der Waals surface area contributed by atoms with Crippen LogP contribution in [0.1, 0.15) is 51.0 Å². The molecule has 2 aromatic rings. The third-order valence-electron chi connectivity index (χ3n) is 6.29. The molecular formula is C24H33N5O. The van der Waals surface area contributed by atoms with Crippen molar-refractivity contribution in [3.63, 3.8) is 0 Å². The third kappa shape index (κ3) is 4.91. The zero-order chi connectivity index (χ0) is 20.8. The van der Waals surface area contributed by atoms with Gasteiger partial charge in [0.05, 0.1) is 12.1 Å². The Balaban J connectivity index is 1.38. The van der Waals surface area contributed by atoms with Gasteiger partial charge in [0.1, 0.15) is 0 Å². The van der Waals surface area contributed by atoms with Crippen LogP contribution in [-0.2, 0) is 11.3 Å². The van der Waals surface area contributed by atoms with E-state index in [0.717, 1.165) is 55.8 Å². The first-order valence-corrected chi connectivity index (χ1v) is 11.4. The molecule has 4 rings (SSSR count). The molecule has 0 radical (unpaired) electrons. The number of likely N-dealkylation sites (tertiary alicyclic amines) is 1. The average molecular weight is 408 g/mol. The number of guanidine groups is 1. The van der Waals surface area contributed by atoms with Crippen LogP contribution in [0.25, 0.3) is 10.9 Å². The lowest BCUT2D eigenvalue weighted by molar-refractivity contribution is -0.135. The van der Waals surface area contributed by atoms with E-state index in [1.165, 1.54) is 24.8 Å². The molecule has 2 heterocycles. The van der Waals surface area contributed by atoms with E-state index < -0.39 is 0 Å². The van der Waals surface area contributed by atoms with Crippen molar-refractivity contribution in [2.45, 2.75) is 58.0 Å². The molecule has 1 saturated carbocycles. The van der Waals surface area contributed by atoms with Gasteiger partial charge in [-0.25, -0.2) is 4.99 Å². The summed E-state index contributed by atoms with van der Waals surface area (Å²) in [5, 5.41) is 8.05. The molecule has 1 aliphatic heterocycles. The van der Waals surface area contributed by atoms with Crippen LogP contribution in [0.4, 0.5) is 0 Å². The minimum absolute atomic E-state index is 0.249. The maximum atomic E-state index is 12.8. The van der Waals surface area contributed by atoms with E-state index in [9.17, 15) is 4.79 Å². The van der Waals surface area contributed by atoms with Gasteiger partial charge in [0.15, 0.2) is 5.96 Å². The van der Waals surface area contributed by atoms with Gasteiger partial charge in [0, 0.05) is 43.2 Å². The summed E-state index contributed by atoms with van der Waals surface area (Å²) in [6.45, 7) is 5.10. The van der Waals surface area contributed by atoms with E-state index in [1.807, 2.05) is 30.5 Å². The lowest BCUT2D eigenvalue weighted by Gasteiger charge is -2.26. The highest BCUT2D eigenvalue weighted by Crippen LogP contribution is 2.26. The second-order valence-electron chi connectivity index (χ2n) is 8.43. The predicted molar refractivity (Wildman–Crippen MR) is 121 cm³/mol. The van der Waals surface area contributed by atoms with E-state index in [2.05, 4.69) is 33.5 Å². The van der Waals surface area contributed by atoms with Crippen molar-refractivity contribution in [3.8, 4) is 0 Å². The first-order chi connectivity index (χ1) is 14.7. The van der Waals surface area contributed by atoms with Gasteiger partial charge >= 0.3 is 0 Å². The van der Waals surface area contributed by atoms with Crippen molar-refractivity contribution >= 4 is 22.8 Å². The summed E-state index contributed by atoms with van der Waals surface area (Å²) < 4.78 is 0. The van der Waals surface area contributed by atoms with Crippen LogP contribution in [0.3, 0.4) is 0 Å². The minimum atomic E-state index is 0.249. The number of carbonyl (C=O) groups excluding carboxylic acids is 1. The summed E-state index contributed by atoms with van der Waals surface area (Å²) in [5.41, 5.74) is 2.16. The standard InChI is InChI=1S/C24H33N5O/c1-2-25-24(27-16-19-12-14-26-22-11-7-6-10-21(19)22)28-20-13-15-29(17-20)23(30)18-8-4-3-5-9-18/h6-7,10-12,14,18,20H,2-5,8-9,13,15-17H2,1H3,(H2,25,27,28). The Morgan fingerprint density at radius 1 is 1.17 bits per heavy atom. The highest BCUT2D eigenvalue weighted by atomic mass is 16.2. The largest absolute Gasteiger partial charge is 0.357 e. The van der Waals surface area contributed by atoms with Crippen LogP contribution in [0.15, 0.2) is 41.5 Å². The molecule has 6 heteroatoms. The number of pyridine rings is 1. The molecule has 1 atom stereocenters. The summed E-state index contributed by atoms with van der Waals surface area (Å²) in [6, 6.07) is 10.5. The van der Waals surface area contributed by atoms with Crippen molar-refractivity contribution in [2.24, 2.45) is 10.9 Å². The molecule has 1 amide bonds. The van der Waals surface area contributed by atoms with Gasteiger partial charge in [-0.1, -0.05) is 37.5 Å². The number of rotatable bonds is 5. The molecule has 6 nitrogen and oxygen atoms in total. The van der Waals surface area contributed by atoms with Gasteiger partial charge in [-0.15, -0.1) is 0 Å². The normalized spacial score (nSPS) is 20.5. The Morgan fingerprint density at radius 2 is 2.00 bits per heavy atom. The Bertz CT molecular complexity index is 885. The van der Waals surface area contributed by atoms with Crippen molar-refractivity contribution < 1.29 is 4.79 Å². The minimum Gasteiger partial charge on any atom is -0.357 e. The van der Waals surface area contributed by atoms with Crippen molar-refractivity contribution in [1.82, 2.24) is 20.5 Å². The number of hydrogen-bond donors (Lipinski definition) is 2. The number of hydrogen-bond acceptors (Lipinski definition) is 3. The molecule has 160 valence electrons. The molecule has 2 fully saturated rings. The van der Waals surface area contributed by atoms with Gasteiger partial charge < -0.3 is 15.5 Å². The van der Waals surface area contributed by atoms with Gasteiger partial charge in [-0.2, -0.15) is 0 Å². The Morgan fingerprint density at radius 3 is 2.83 bits per heavy atom. The lowest BCUT2D eigenvalue weighted by atomic mass is 9.88. The van der Waals surface area contributed by atoms with E-state index in [-0.39, 0.29) is 12.0 Å². The number of aliphatic imine (C=N–C) groups is 1. The van der Waals surface area contributed by atoms with Crippen LogP contribution < -0.4 is 10.6 Å². The molecule has 1 saturated heterocycles. The number of fused-ring (bicyclic) bond motifs is 1. The van der Waals surface area contributed by atoms with E-state index in [1.54, 1.807) is 0 Å². The molecule has 0 bridgehead atoms. The molecule has 2 N–H and O–H groups in total. The van der Waals surface area contributed by atoms with Gasteiger partial charge in [-0.05, 0) is 43.9 Å². The monoisotopic (exact) mass is 407 g/mol. The van der Waals surface area contributed by atoms with Crippen LogP contribution in [0, 0.1) is 5.92 Å². The first-order valence-electron chi connectivity index (χ1n) is 11.4. The number of amides is 1. The summed E-state index contributed by atoms with van der Waals surface area (Å²) in [7, 11) is 0. The first kappa shape index (κ1) is 20.6. The highest BCUT2D eigenvalue weighted by Gasteiger charge is 2.31. The Hall–Kier alpha value is -2.63. The van der Waals surface area contributed by atoms with Crippen LogP contribution >= 0.6 is 0 Å². The molecule has 1 aromatic carbocycles. The van der Waals surface area contributed by atoms with Gasteiger partial charge in [-0.3, -0.25) is 9.78 Å². The van der Waals surface area contributed by atoms with Crippen LogP contribution in [0.5, 0.6) is 0 Å². The molecule has 2 aliphatic rings. The maximum Gasteiger partial charge on any atom is 0.225 e. The van der Waals surface area contributed by atoms with Crippen molar-refractivity contribution in [1.29, 1.82) is 0 Å². The second kappa shape index (κ2) is 9.92. The fourth-order valence-electron chi connectivity index (χ4n) is 4.66. The fraction of sp³-hybridized carbons (Fsp3) is 0.542. The number of aromatic nitrogens is 1. The summed E-state index contributed by atoms with van der Waals surface area (Å²) in [6.07, 6.45) is 8.64. The second-order valence-corrected chi connectivity index (χ2v) is 8.43. The van der Waals surface area contributed by atoms with Gasteiger partial charge in [0.2, 0.25) is 5.91 Å². The molecule has 30 heavy (non-hydrogen) atoms. The predicted octanol–water partition coefficient (Wildman–Crippen LogP) is 3.47. The van der Waals surface area contributed by atoms with Crippen LogP contribution in [0.2, 0.25) is 0 Å². The molecule has 1 aromatic heterocycles. The third-order valence-corrected chi connectivity index (χ3v) is 6.29. The quantitative estimate of drug-likeness (QED) is 0.588. The lowest BCUT2D eigenvalue weighted by Crippen LogP contribution is -2.45. The van der Waals surface area contributed by atoms with E-state index in [4.69, 9.17) is 4.99 Å². The van der Waals surface area contributed by atoms with Gasteiger partial charge in [0.25, 0.3) is 0 Å². The number of nitrogens with zero attached hydrogens (tertiary/aromatic N) is 3. The average Bonchev–Trinajstić information content (AvgIpc) is 3.26. The van der Waals surface area contributed by atoms with E-state index in [0.29, 0.717) is 12.5 Å². The topological polar surface area (TPSA) is 69.6 Å². The molecule has 0 spiro atoms. The fourth-order valence-corrected chi connectivity index (χ4v) is 4.66. The van der Waals surface area contributed by atoms with Crippen molar-refractivity contribution in [3.05, 3.63) is 42.1 Å². The molecule has 1 aliphatic carbocycles. The SMILES string of the molecule is CCNC(=NCc1ccnc2ccccc12)NC1CCN(C(=O)C2CCCCC2)C1. The number of benzene rings is 1. The van der Waals surface area contributed by atoms with E-state index >= 15 is 0 Å². The number of carbonyl (C=O) groups is 1. The maximum absolute atomic E-state index is 12.8. The summed E-state index contributed by atoms with van der Waals surface area (Å²) >= 11 is 0. The summed E-state index contributed by atoms with van der Waals surface area (Å²) in [4.78, 5) is 24.2. The Kier molecular flexibility index (Phi) is 6.82. The van der Waals surface area contributed by atoms with Crippen LogP contribution in [-0.4, -0.2) is 47.4 Å². The Labute approximate surface area is 179 Å². The molecular weight excluding hydrogens is 374 g/mol. The molecule has 1 unspecified atom stereocenters. The van der Waals surface area contributed by atoms with Crippen molar-refractivity contribution in [2.75, 3.05) is 19.6 Å². The zero-order valence-electron chi connectivity index (χ0n) is 17.9. The number of para-hydroxylation sites is 1. The summed E-state index contributed by atoms with van der Waals surface area (Å²) in [5.74, 6) is 1.43. The highest BCUT2D eigenvalue weighted by molar-refractivity contribution is 5.83. The number of nitrogens with one attached hydrogen (secondary N) is 2. The zero-order valence-corrected chi connectivity index (χ0v) is 17.9.